The van der Waals surface area contributed by atoms with Gasteiger partial charge in [-0.1, -0.05) is 106 Å². The first-order valence-electron chi connectivity index (χ1n) is 40.4. The van der Waals surface area contributed by atoms with Crippen LogP contribution in [0.25, 0.3) is 0 Å². The first-order valence-corrected chi connectivity index (χ1v) is 40.4. The lowest BCUT2D eigenvalue weighted by Crippen LogP contribution is -2.06. The summed E-state index contributed by atoms with van der Waals surface area (Å²) in [7, 11) is 1.54. The molecule has 0 atom stereocenters. The molecule has 0 bridgehead atoms. The zero-order chi connectivity index (χ0) is 85.8. The maximum atomic E-state index is 10.8. The van der Waals surface area contributed by atoms with E-state index in [1.165, 1.54) is 87.7 Å². The zero-order valence-electron chi connectivity index (χ0n) is 68.9. The smallest absolute Gasteiger partial charge is 0.166 e. The summed E-state index contributed by atoms with van der Waals surface area (Å²) < 4.78 is 21.0. The number of hydrogen-bond donors (Lipinski definition) is 10. The van der Waals surface area contributed by atoms with E-state index in [4.69, 9.17) is 19.5 Å². The van der Waals surface area contributed by atoms with Crippen molar-refractivity contribution in [1.29, 1.82) is 0 Å². The number of aliphatic imine (C=N–C) groups is 5. The number of benzene rings is 8. The van der Waals surface area contributed by atoms with Gasteiger partial charge in [-0.25, -0.2) is 24.9 Å². The van der Waals surface area contributed by atoms with Crippen LogP contribution in [-0.4, -0.2) is 174 Å². The molecule has 8 aromatic carbocycles. The molecule has 5 heterocycles. The quantitative estimate of drug-likeness (QED) is 0.0128. The highest BCUT2D eigenvalue weighted by Crippen LogP contribution is 2.34. The molecule has 0 unspecified atom stereocenters. The lowest BCUT2D eigenvalue weighted by molar-refractivity contribution is 0.302. The molecule has 13 rings (SSSR count). The van der Waals surface area contributed by atoms with Crippen LogP contribution in [0.3, 0.4) is 0 Å². The van der Waals surface area contributed by atoms with Crippen molar-refractivity contribution >= 4 is 28.6 Å². The van der Waals surface area contributed by atoms with Crippen LogP contribution in [0, 0.1) is 0 Å². The fraction of sp³-hybridized carbons (Fsp3) is 0.277. The third-order valence-corrected chi connectivity index (χ3v) is 19.0. The van der Waals surface area contributed by atoms with Crippen LogP contribution in [0.4, 0.5) is 0 Å². The second-order valence-electron chi connectivity index (χ2n) is 28.1. The molecule has 27 heteroatoms. The average molecular weight is 1640 g/mol. The Bertz CT molecular complexity index is 5280. The van der Waals surface area contributed by atoms with E-state index in [1.807, 2.05) is 159 Å². The summed E-state index contributed by atoms with van der Waals surface area (Å²) in [4.78, 5) is 43.1. The van der Waals surface area contributed by atoms with Gasteiger partial charge in [0.15, 0.2) is 11.5 Å². The maximum absolute atomic E-state index is 10.8. The Morgan fingerprint density at radius 2 is 0.653 bits per heavy atom. The highest BCUT2D eigenvalue weighted by atomic mass is 16.5. The number of unbranched alkanes of at least 4 members (excludes halogenated alkanes) is 5. The van der Waals surface area contributed by atoms with Crippen LogP contribution < -0.4 is 9.47 Å². The van der Waals surface area contributed by atoms with E-state index in [0.29, 0.717) is 84.4 Å². The molecule has 13 aromatic rings. The van der Waals surface area contributed by atoms with E-state index >= 15 is 0 Å². The summed E-state index contributed by atoms with van der Waals surface area (Å²) in [6, 6.07) is 48.2. The first kappa shape index (κ1) is 90.7. The Balaban J connectivity index is 0.000000174. The van der Waals surface area contributed by atoms with Crippen LogP contribution in [0.1, 0.15) is 136 Å². The van der Waals surface area contributed by atoms with E-state index in [9.17, 15) is 51.1 Å². The number of aromatic hydroxyl groups is 10. The predicted molar refractivity (Wildman–Crippen MR) is 474 cm³/mol. The van der Waals surface area contributed by atoms with Gasteiger partial charge in [-0.05, 0) is 125 Å². The van der Waals surface area contributed by atoms with Crippen molar-refractivity contribution in [2.75, 3.05) is 46.4 Å². The second-order valence-corrected chi connectivity index (χ2v) is 28.1. The van der Waals surface area contributed by atoms with Crippen molar-refractivity contribution in [3.05, 3.63) is 308 Å². The molecule has 121 heavy (non-hydrogen) atoms. The lowest BCUT2D eigenvalue weighted by Gasteiger charge is -2.12. The van der Waals surface area contributed by atoms with Crippen LogP contribution in [0.15, 0.2) is 288 Å². The number of aromatic nitrogens is 10. The molecule has 632 valence electrons. The Labute approximate surface area is 705 Å². The van der Waals surface area contributed by atoms with Gasteiger partial charge < -0.3 is 83.4 Å². The van der Waals surface area contributed by atoms with Crippen molar-refractivity contribution in [3.8, 4) is 69.0 Å². The standard InChI is InChI=1S/C27H35N3O2.C19H19N3O4.C19H19N3O2.C15H19N3O2.C14H17N3O2/c1-2-3-4-5-6-10-20-32-24-14-15-25(26(31)21-24)27(23-12-8-7-9-13-23)29-16-11-18-30-19-17-28-22-30;23-13-2-4-15(17(25)10-13)19(16-5-3-14(24)11-18(16)26)21-6-1-8-22-9-7-20-12-22;23-16-7-8-17(18(24)13-16)19(15-5-2-1-3-6-15)21-9-4-11-22-12-10-20-14-22;1-12(13-5-3-6-14(20-2)15(13)19)17-7-4-9-18-10-8-16-11-18;1-11(13-4-3-12(18)9-14(13)19)16-5-2-7-17-8-6-15-10-17/h7-9,12-15,17,19,21-22,31H,2-6,10-11,16,18,20H2,1H3;2-5,7,9-12,23-26H,1,6,8H2;1-3,5-8,10,12-14,23-24H,4,9,11H2;3,5-6,8,10-11,19H,4,7,9H2,1-2H3;3-4,6,8-10,18-19H,2,5,7H2,1H3. The SMILES string of the molecule is CC(=NCCCn1ccnc1)c1ccc(O)cc1O.CCCCCCCCOc1ccc(C(=NCCCn2ccnc2)c2ccccc2)c(O)c1.COc1cccc(C(C)=NCCCn2ccnc2)c1O.Oc1ccc(C(=NCCCn2ccnc2)c2ccc(O)cc2O)c(O)c1.Oc1ccc(C(=NCCCn2ccnc2)c2ccccc2)c(O)c1. The van der Waals surface area contributed by atoms with Gasteiger partial charge in [-0.15, -0.1) is 0 Å². The summed E-state index contributed by atoms with van der Waals surface area (Å²) in [6.07, 6.45) is 39.0. The molecule has 0 aliphatic rings. The van der Waals surface area contributed by atoms with E-state index in [1.54, 1.807) is 92.7 Å². The number of rotatable bonds is 37. The van der Waals surface area contributed by atoms with Gasteiger partial charge in [0.05, 0.1) is 62.5 Å². The number of phenols is 10. The van der Waals surface area contributed by atoms with E-state index in [2.05, 4.69) is 46.8 Å². The Morgan fingerprint density at radius 1 is 0.322 bits per heavy atom. The maximum Gasteiger partial charge on any atom is 0.166 e. The third kappa shape index (κ3) is 30.3. The Hall–Kier alpha value is -14.2. The van der Waals surface area contributed by atoms with E-state index < -0.39 is 0 Å². The third-order valence-electron chi connectivity index (χ3n) is 19.0. The predicted octanol–water partition coefficient (Wildman–Crippen LogP) is 16.8. The van der Waals surface area contributed by atoms with Gasteiger partial charge in [0.2, 0.25) is 0 Å². The topological polar surface area (TPSA) is 372 Å². The van der Waals surface area contributed by atoms with Gasteiger partial charge in [-0.3, -0.25) is 25.0 Å². The minimum atomic E-state index is -0.147. The molecule has 27 nitrogen and oxygen atoms in total. The number of para-hydroxylation sites is 1. The highest BCUT2D eigenvalue weighted by molar-refractivity contribution is 6.17. The molecule has 10 N–H and O–H groups in total. The van der Waals surface area contributed by atoms with Crippen molar-refractivity contribution in [2.24, 2.45) is 25.0 Å². The van der Waals surface area contributed by atoms with Crippen molar-refractivity contribution < 1.29 is 60.5 Å². The minimum Gasteiger partial charge on any atom is -0.508 e. The van der Waals surface area contributed by atoms with E-state index in [-0.39, 0.29) is 57.5 Å². The van der Waals surface area contributed by atoms with E-state index in [0.717, 1.165) is 111 Å². The zero-order valence-corrected chi connectivity index (χ0v) is 68.9. The lowest BCUT2D eigenvalue weighted by atomic mass is 10.00. The van der Waals surface area contributed by atoms with Crippen molar-refractivity contribution in [2.45, 2.75) is 124 Å². The number of ether oxygens (including phenoxy) is 2. The number of methoxy groups -OCH3 is 1. The molecule has 0 radical (unpaired) electrons. The molecule has 0 amide bonds. The van der Waals surface area contributed by atoms with Crippen molar-refractivity contribution in [1.82, 2.24) is 47.8 Å². The monoisotopic (exact) mass is 1640 g/mol. The molecule has 5 aromatic heterocycles. The summed E-state index contributed by atoms with van der Waals surface area (Å²) in [5, 5.41) is 98.8. The fourth-order valence-corrected chi connectivity index (χ4v) is 12.6. The van der Waals surface area contributed by atoms with Crippen LogP contribution in [-0.2, 0) is 32.7 Å². The molecule has 0 spiro atoms. The summed E-state index contributed by atoms with van der Waals surface area (Å²) in [5.41, 5.74) is 8.88. The fourth-order valence-electron chi connectivity index (χ4n) is 12.6. The van der Waals surface area contributed by atoms with Crippen molar-refractivity contribution in [3.63, 3.8) is 0 Å². The molecule has 0 saturated carbocycles. The number of nitrogens with zero attached hydrogens (tertiary/aromatic N) is 15. The second kappa shape index (κ2) is 49.7. The normalized spacial score (nSPS) is 11.4. The van der Waals surface area contributed by atoms with Gasteiger partial charge in [0.1, 0.15) is 57.5 Å². The summed E-state index contributed by atoms with van der Waals surface area (Å²) in [5.74, 6) is 1.23. The Kier molecular flexibility index (Phi) is 37.3. The minimum absolute atomic E-state index is 0.0206. The number of aryl methyl sites for hydroxylation is 5. The van der Waals surface area contributed by atoms with Crippen LogP contribution >= 0.6 is 0 Å². The summed E-state index contributed by atoms with van der Waals surface area (Å²) in [6.45, 7) is 14.0. The van der Waals surface area contributed by atoms with Gasteiger partial charge in [-0.2, -0.15) is 0 Å². The number of phenolic OH excluding ortho intramolecular Hbond substituents is 10. The molecule has 0 aliphatic carbocycles. The summed E-state index contributed by atoms with van der Waals surface area (Å²) >= 11 is 0. The molecular formula is C94H109N15O12. The van der Waals surface area contributed by atoms with Gasteiger partial charge in [0, 0.05) is 214 Å². The molecular weight excluding hydrogens is 1530 g/mol. The molecule has 0 fully saturated rings. The largest absolute Gasteiger partial charge is 0.508 e. The number of imidazole rings is 5. The van der Waals surface area contributed by atoms with Crippen LogP contribution in [0.2, 0.25) is 0 Å². The van der Waals surface area contributed by atoms with Gasteiger partial charge >= 0.3 is 0 Å². The average Bonchev–Trinajstić information content (AvgIpc) is 1.82. The van der Waals surface area contributed by atoms with Crippen LogP contribution in [0.5, 0.6) is 69.0 Å². The highest BCUT2D eigenvalue weighted by Gasteiger charge is 2.19. The first-order chi connectivity index (χ1) is 58.9. The Morgan fingerprint density at radius 3 is 1.01 bits per heavy atom. The van der Waals surface area contributed by atoms with Gasteiger partial charge in [0.25, 0.3) is 0 Å². The molecule has 0 saturated heterocycles. The molecule has 0 aliphatic heterocycles. The number of hydrogen-bond acceptors (Lipinski definition) is 22.